The first kappa shape index (κ1) is 19.0. The molecule has 0 aliphatic heterocycles. The zero-order valence-corrected chi connectivity index (χ0v) is 14.7. The Morgan fingerprint density at radius 3 is 2.60 bits per heavy atom. The van der Waals surface area contributed by atoms with Crippen LogP contribution >= 0.6 is 11.8 Å². The number of anilines is 1. The minimum atomic E-state index is -0.847. The van der Waals surface area contributed by atoms with Crippen LogP contribution in [0.5, 0.6) is 0 Å². The van der Waals surface area contributed by atoms with Gasteiger partial charge in [0.2, 0.25) is 5.91 Å². The van der Waals surface area contributed by atoms with Gasteiger partial charge < -0.3 is 10.4 Å². The molecule has 1 unspecified atom stereocenters. The number of amides is 1. The number of carboxylic acids is 1. The lowest BCUT2D eigenvalue weighted by atomic mass is 10.00. The normalized spacial score (nSPS) is 11.8. The van der Waals surface area contributed by atoms with Gasteiger partial charge in [0.15, 0.2) is 0 Å². The first-order valence-electron chi connectivity index (χ1n) is 7.88. The van der Waals surface area contributed by atoms with Crippen LogP contribution in [0.2, 0.25) is 0 Å². The van der Waals surface area contributed by atoms with Gasteiger partial charge in [0.25, 0.3) is 0 Å². The number of hydrogen-bond acceptors (Lipinski definition) is 3. The summed E-state index contributed by atoms with van der Waals surface area (Å²) >= 11 is 1.30. The summed E-state index contributed by atoms with van der Waals surface area (Å²) in [4.78, 5) is 22.9. The van der Waals surface area contributed by atoms with Crippen molar-refractivity contribution in [3.63, 3.8) is 0 Å². The van der Waals surface area contributed by atoms with Crippen LogP contribution < -0.4 is 5.32 Å². The monoisotopic (exact) mass is 361 g/mol. The van der Waals surface area contributed by atoms with Crippen molar-refractivity contribution in [3.05, 3.63) is 65.5 Å². The third kappa shape index (κ3) is 6.58. The highest BCUT2D eigenvalue weighted by Gasteiger charge is 2.14. The number of halogens is 1. The number of carbonyl (C=O) groups is 2. The fourth-order valence-corrected chi connectivity index (χ4v) is 3.06. The molecule has 1 amide bonds. The Morgan fingerprint density at radius 1 is 1.16 bits per heavy atom. The van der Waals surface area contributed by atoms with E-state index < -0.39 is 5.97 Å². The molecule has 6 heteroatoms. The van der Waals surface area contributed by atoms with Crippen molar-refractivity contribution in [1.29, 1.82) is 0 Å². The molecule has 0 aromatic heterocycles. The van der Waals surface area contributed by atoms with Crippen LogP contribution in [0.25, 0.3) is 0 Å². The highest BCUT2D eigenvalue weighted by molar-refractivity contribution is 7.99. The van der Waals surface area contributed by atoms with Gasteiger partial charge in [-0.05, 0) is 41.8 Å². The number of nitrogens with one attached hydrogen (secondary N) is 1. The fourth-order valence-electron chi connectivity index (χ4n) is 2.37. The molecular formula is C19H20FNO3S. The molecule has 2 aromatic rings. The Labute approximate surface area is 150 Å². The predicted molar refractivity (Wildman–Crippen MR) is 98.1 cm³/mol. The summed E-state index contributed by atoms with van der Waals surface area (Å²) in [6.07, 6.45) is 0.456. The summed E-state index contributed by atoms with van der Waals surface area (Å²) in [5.41, 5.74) is 2.40. The van der Waals surface area contributed by atoms with E-state index in [2.05, 4.69) is 5.32 Å². The van der Waals surface area contributed by atoms with Crippen LogP contribution in [0.3, 0.4) is 0 Å². The molecule has 0 aliphatic carbocycles. The maximum Gasteiger partial charge on any atom is 0.313 e. The van der Waals surface area contributed by atoms with E-state index in [9.17, 15) is 14.0 Å². The van der Waals surface area contributed by atoms with E-state index in [1.54, 1.807) is 25.1 Å². The molecule has 2 rings (SSSR count). The number of hydrogen-bond donors (Lipinski definition) is 2. The second kappa shape index (κ2) is 9.22. The summed E-state index contributed by atoms with van der Waals surface area (Å²) in [5.74, 6) is -0.987. The second-order valence-electron chi connectivity index (χ2n) is 5.81. The van der Waals surface area contributed by atoms with E-state index in [-0.39, 0.29) is 23.4 Å². The predicted octanol–water partition coefficient (Wildman–Crippen LogP) is 3.96. The lowest BCUT2D eigenvalue weighted by Gasteiger charge is -2.13. The van der Waals surface area contributed by atoms with Crippen molar-refractivity contribution in [1.82, 2.24) is 0 Å². The SMILES string of the molecule is CC(Cc1cccc(F)c1)C(=O)Nc1cccc(CSCC(=O)O)c1. The number of thioether (sulfide) groups is 1. The lowest BCUT2D eigenvalue weighted by molar-refractivity contribution is -0.133. The van der Waals surface area contributed by atoms with E-state index in [1.165, 1.54) is 23.9 Å². The van der Waals surface area contributed by atoms with E-state index in [1.807, 2.05) is 18.2 Å². The minimum absolute atomic E-state index is 0.0429. The summed E-state index contributed by atoms with van der Waals surface area (Å²) in [6.45, 7) is 1.80. The lowest BCUT2D eigenvalue weighted by Crippen LogP contribution is -2.22. The van der Waals surface area contributed by atoms with Crippen LogP contribution in [-0.2, 0) is 21.8 Å². The Hall–Kier alpha value is -2.34. The Bertz CT molecular complexity index is 751. The molecular weight excluding hydrogens is 341 g/mol. The van der Waals surface area contributed by atoms with Crippen molar-refractivity contribution in [2.75, 3.05) is 11.1 Å². The first-order chi connectivity index (χ1) is 11.9. The quantitative estimate of drug-likeness (QED) is 0.747. The topological polar surface area (TPSA) is 66.4 Å². The molecule has 0 radical (unpaired) electrons. The van der Waals surface area contributed by atoms with Gasteiger partial charge in [-0.25, -0.2) is 4.39 Å². The van der Waals surface area contributed by atoms with Gasteiger partial charge in [-0.3, -0.25) is 9.59 Å². The van der Waals surface area contributed by atoms with Crippen molar-refractivity contribution < 1.29 is 19.1 Å². The number of rotatable bonds is 8. The van der Waals surface area contributed by atoms with E-state index in [0.717, 1.165) is 11.1 Å². The van der Waals surface area contributed by atoms with E-state index in [4.69, 9.17) is 5.11 Å². The van der Waals surface area contributed by atoms with Crippen LogP contribution in [-0.4, -0.2) is 22.7 Å². The number of aliphatic carboxylic acids is 1. The van der Waals surface area contributed by atoms with Crippen molar-refractivity contribution in [2.45, 2.75) is 19.1 Å². The zero-order valence-electron chi connectivity index (χ0n) is 13.9. The Kier molecular flexibility index (Phi) is 7.01. The summed E-state index contributed by atoms with van der Waals surface area (Å²) in [7, 11) is 0. The largest absolute Gasteiger partial charge is 0.481 e. The van der Waals surface area contributed by atoms with Gasteiger partial charge in [0, 0.05) is 17.4 Å². The molecule has 4 nitrogen and oxygen atoms in total. The van der Waals surface area contributed by atoms with Gasteiger partial charge in [-0.1, -0.05) is 31.2 Å². The van der Waals surface area contributed by atoms with Gasteiger partial charge in [0.05, 0.1) is 5.75 Å². The molecule has 0 bridgehead atoms. The molecule has 1 atom stereocenters. The van der Waals surface area contributed by atoms with Gasteiger partial charge >= 0.3 is 5.97 Å². The molecule has 2 aromatic carbocycles. The average Bonchev–Trinajstić information content (AvgIpc) is 2.55. The van der Waals surface area contributed by atoms with Crippen molar-refractivity contribution in [3.8, 4) is 0 Å². The molecule has 0 spiro atoms. The van der Waals surface area contributed by atoms with E-state index >= 15 is 0 Å². The second-order valence-corrected chi connectivity index (χ2v) is 6.80. The molecule has 0 saturated heterocycles. The highest BCUT2D eigenvalue weighted by atomic mass is 32.2. The van der Waals surface area contributed by atoms with Crippen LogP contribution in [0.1, 0.15) is 18.1 Å². The van der Waals surface area contributed by atoms with Gasteiger partial charge in [-0.2, -0.15) is 0 Å². The standard InChI is InChI=1S/C19H20FNO3S/c1-13(8-14-4-2-6-16(20)9-14)19(24)21-17-7-3-5-15(10-17)11-25-12-18(22)23/h2-7,9-10,13H,8,11-12H2,1H3,(H,21,24)(H,22,23). The first-order valence-corrected chi connectivity index (χ1v) is 9.03. The Balaban J connectivity index is 1.91. The zero-order chi connectivity index (χ0) is 18.2. The van der Waals surface area contributed by atoms with E-state index in [0.29, 0.717) is 17.9 Å². The number of benzene rings is 2. The van der Waals surface area contributed by atoms with Gasteiger partial charge in [0.1, 0.15) is 5.82 Å². The molecule has 25 heavy (non-hydrogen) atoms. The maximum absolute atomic E-state index is 13.2. The summed E-state index contributed by atoms with van der Waals surface area (Å²) in [5, 5.41) is 11.5. The minimum Gasteiger partial charge on any atom is -0.481 e. The molecule has 0 saturated carbocycles. The molecule has 0 heterocycles. The van der Waals surface area contributed by atoms with Crippen LogP contribution in [0, 0.1) is 11.7 Å². The summed E-state index contributed by atoms with van der Waals surface area (Å²) in [6, 6.07) is 13.6. The van der Waals surface area contributed by atoms with Crippen LogP contribution in [0.15, 0.2) is 48.5 Å². The molecule has 2 N–H and O–H groups in total. The summed E-state index contributed by atoms with van der Waals surface area (Å²) < 4.78 is 13.2. The fraction of sp³-hybridized carbons (Fsp3) is 0.263. The van der Waals surface area contributed by atoms with Crippen LogP contribution in [0.4, 0.5) is 10.1 Å². The smallest absolute Gasteiger partial charge is 0.313 e. The van der Waals surface area contributed by atoms with Gasteiger partial charge in [-0.15, -0.1) is 11.8 Å². The molecule has 0 fully saturated rings. The third-order valence-corrected chi connectivity index (χ3v) is 4.56. The molecule has 132 valence electrons. The van der Waals surface area contributed by atoms with Crippen molar-refractivity contribution in [2.24, 2.45) is 5.92 Å². The number of carbonyl (C=O) groups excluding carboxylic acids is 1. The Morgan fingerprint density at radius 2 is 1.88 bits per heavy atom. The highest BCUT2D eigenvalue weighted by Crippen LogP contribution is 2.18. The molecule has 0 aliphatic rings. The van der Waals surface area contributed by atoms with Crippen molar-refractivity contribution >= 4 is 29.3 Å². The third-order valence-electron chi connectivity index (χ3n) is 3.57. The average molecular weight is 361 g/mol. The number of carboxylic acid groups (broad SMARTS) is 1. The maximum atomic E-state index is 13.2.